The molecule has 0 amide bonds. The number of hydrogen-bond donors (Lipinski definition) is 3. The lowest BCUT2D eigenvalue weighted by Crippen LogP contribution is -2.62. The molecule has 4 aliphatic rings. The zero-order valence-corrected chi connectivity index (χ0v) is 19.9. The van der Waals surface area contributed by atoms with E-state index in [1.165, 1.54) is 11.1 Å². The minimum absolute atomic E-state index is 0.00194. The molecule has 0 aliphatic heterocycles. The molecule has 4 nitrogen and oxygen atoms in total. The third kappa shape index (κ3) is 3.36. The number of carboxylic acids is 1. The Kier molecular flexibility index (Phi) is 6.50. The van der Waals surface area contributed by atoms with Crippen LogP contribution >= 0.6 is 0 Å². The molecule has 4 heteroatoms. The number of fused-ring (bicyclic) bond motifs is 5. The molecule has 0 saturated heterocycles. The minimum Gasteiger partial charge on any atom is -0.481 e. The van der Waals surface area contributed by atoms with Crippen LogP contribution in [0.15, 0.2) is 36.5 Å². The van der Waals surface area contributed by atoms with Gasteiger partial charge in [-0.1, -0.05) is 36.6 Å². The number of aliphatic carboxylic acids is 1. The highest BCUT2D eigenvalue weighted by Crippen LogP contribution is 2.69. The molecule has 0 bridgehead atoms. The number of carbonyl (C=O) groups is 1. The molecular formula is C28H42O4. The van der Waals surface area contributed by atoms with E-state index >= 15 is 0 Å². The van der Waals surface area contributed by atoms with Gasteiger partial charge in [0.2, 0.25) is 0 Å². The van der Waals surface area contributed by atoms with Gasteiger partial charge in [-0.3, -0.25) is 4.79 Å². The fourth-order valence-corrected chi connectivity index (χ4v) is 9.01. The summed E-state index contributed by atoms with van der Waals surface area (Å²) in [7, 11) is 0. The molecule has 4 unspecified atom stereocenters. The van der Waals surface area contributed by atoms with Gasteiger partial charge in [-0.05, 0) is 93.3 Å². The molecule has 4 rings (SSSR count). The van der Waals surface area contributed by atoms with Crippen LogP contribution in [0.25, 0.3) is 0 Å². The molecule has 4 saturated carbocycles. The highest BCUT2D eigenvalue weighted by molar-refractivity contribution is 5.67. The smallest absolute Gasteiger partial charge is 0.303 e. The van der Waals surface area contributed by atoms with E-state index in [2.05, 4.69) is 39.2 Å². The first-order chi connectivity index (χ1) is 15.3. The second kappa shape index (κ2) is 8.76. The molecule has 0 aromatic carbocycles. The van der Waals surface area contributed by atoms with E-state index in [4.69, 9.17) is 0 Å². The molecule has 0 radical (unpaired) electrons. The summed E-state index contributed by atoms with van der Waals surface area (Å²) >= 11 is 0. The van der Waals surface area contributed by atoms with Crippen molar-refractivity contribution in [3.63, 3.8) is 0 Å². The van der Waals surface area contributed by atoms with Gasteiger partial charge in [0.05, 0.1) is 12.2 Å². The predicted molar refractivity (Wildman–Crippen MR) is 127 cm³/mol. The first-order valence-electron chi connectivity index (χ1n) is 12.8. The lowest BCUT2D eigenvalue weighted by molar-refractivity contribution is -0.182. The van der Waals surface area contributed by atoms with Crippen molar-refractivity contribution in [1.82, 2.24) is 0 Å². The molecular weight excluding hydrogens is 400 g/mol. The average Bonchev–Trinajstić information content (AvgIpc) is 3.17. The Morgan fingerprint density at radius 3 is 2.44 bits per heavy atom. The summed E-state index contributed by atoms with van der Waals surface area (Å²) in [6.45, 7) is 12.9. The second-order valence-corrected chi connectivity index (χ2v) is 11.2. The van der Waals surface area contributed by atoms with Crippen molar-refractivity contribution < 1.29 is 20.1 Å². The summed E-state index contributed by atoms with van der Waals surface area (Å²) in [5.74, 6) is 0.693. The summed E-state index contributed by atoms with van der Waals surface area (Å²) in [6.07, 6.45) is 12.1. The number of hydrogen-bond acceptors (Lipinski definition) is 3. The molecule has 0 heterocycles. The lowest BCUT2D eigenvalue weighted by Gasteiger charge is -2.64. The largest absolute Gasteiger partial charge is 0.481 e. The Hall–Kier alpha value is -1.39. The first-order valence-corrected chi connectivity index (χ1v) is 12.8. The Morgan fingerprint density at radius 2 is 1.81 bits per heavy atom. The van der Waals surface area contributed by atoms with Crippen molar-refractivity contribution in [2.24, 2.45) is 40.4 Å². The molecule has 178 valence electrons. The SMILES string of the molecule is C=C[C@]12CC[C@@H](O)CC1[C@@H](CC)[C@@H](O)C1C2CC[C@]2(C=C)/C(=C(\C)CCC(=O)O)CCC12. The van der Waals surface area contributed by atoms with Crippen LogP contribution in [0, 0.1) is 40.4 Å². The van der Waals surface area contributed by atoms with E-state index in [1.807, 2.05) is 0 Å². The van der Waals surface area contributed by atoms with Gasteiger partial charge < -0.3 is 15.3 Å². The van der Waals surface area contributed by atoms with Crippen LogP contribution in [0.5, 0.6) is 0 Å². The Balaban J connectivity index is 1.75. The predicted octanol–water partition coefficient (Wildman–Crippen LogP) is 5.51. The van der Waals surface area contributed by atoms with E-state index in [0.29, 0.717) is 24.2 Å². The molecule has 4 aliphatic carbocycles. The van der Waals surface area contributed by atoms with E-state index in [1.54, 1.807) is 0 Å². The van der Waals surface area contributed by atoms with Crippen molar-refractivity contribution in [3.05, 3.63) is 36.5 Å². The molecule has 0 spiro atoms. The number of carboxylic acid groups (broad SMARTS) is 1. The van der Waals surface area contributed by atoms with E-state index in [0.717, 1.165) is 51.4 Å². The van der Waals surface area contributed by atoms with Crippen LogP contribution in [0.4, 0.5) is 0 Å². The third-order valence-electron chi connectivity index (χ3n) is 10.3. The summed E-state index contributed by atoms with van der Waals surface area (Å²) in [5, 5.41) is 31.5. The summed E-state index contributed by atoms with van der Waals surface area (Å²) < 4.78 is 0. The fraction of sp³-hybridized carbons (Fsp3) is 0.750. The van der Waals surface area contributed by atoms with Crippen molar-refractivity contribution in [2.45, 2.75) is 90.3 Å². The van der Waals surface area contributed by atoms with Crippen LogP contribution in [0.3, 0.4) is 0 Å². The van der Waals surface area contributed by atoms with Crippen molar-refractivity contribution in [2.75, 3.05) is 0 Å². The summed E-state index contributed by atoms with van der Waals surface area (Å²) in [6, 6.07) is 0. The van der Waals surface area contributed by atoms with Crippen molar-refractivity contribution in [3.8, 4) is 0 Å². The Bertz CT molecular complexity index is 799. The molecule has 4 fully saturated rings. The molecule has 3 N–H and O–H groups in total. The van der Waals surface area contributed by atoms with Gasteiger partial charge in [0.15, 0.2) is 0 Å². The Morgan fingerprint density at radius 1 is 1.06 bits per heavy atom. The van der Waals surface area contributed by atoms with Gasteiger partial charge in [0.25, 0.3) is 0 Å². The van der Waals surface area contributed by atoms with Gasteiger partial charge >= 0.3 is 5.97 Å². The van der Waals surface area contributed by atoms with Gasteiger partial charge in [-0.25, -0.2) is 0 Å². The van der Waals surface area contributed by atoms with Crippen LogP contribution in [0.2, 0.25) is 0 Å². The number of rotatable bonds is 6. The molecule has 9 atom stereocenters. The van der Waals surface area contributed by atoms with E-state index < -0.39 is 5.97 Å². The molecule has 32 heavy (non-hydrogen) atoms. The standard InChI is InChI=1S/C28H42O4/c1-5-19-23-16-18(29)12-14-28(23,7-3)22-13-15-27(6-2)20(17(4)8-11-24(30)31)9-10-21(27)25(22)26(19)32/h6-7,18-19,21-23,25-26,29,32H,2-3,5,8-16H2,1,4H3,(H,30,31)/b20-17+/t18-,19-,21?,22?,23?,25?,26-,27-,28-/m1/s1. The van der Waals surface area contributed by atoms with Crippen molar-refractivity contribution in [1.29, 1.82) is 0 Å². The summed E-state index contributed by atoms with van der Waals surface area (Å²) in [5.41, 5.74) is 2.49. The number of allylic oxidation sites excluding steroid dienone is 4. The second-order valence-electron chi connectivity index (χ2n) is 11.2. The molecule has 0 aromatic heterocycles. The normalized spacial score (nSPS) is 47.1. The minimum atomic E-state index is -0.747. The van der Waals surface area contributed by atoms with Gasteiger partial charge in [-0.2, -0.15) is 0 Å². The van der Waals surface area contributed by atoms with E-state index in [9.17, 15) is 20.1 Å². The highest BCUT2D eigenvalue weighted by Gasteiger charge is 2.64. The van der Waals surface area contributed by atoms with Crippen LogP contribution in [-0.4, -0.2) is 33.5 Å². The van der Waals surface area contributed by atoms with E-state index in [-0.39, 0.29) is 41.3 Å². The van der Waals surface area contributed by atoms with Gasteiger partial charge in [0.1, 0.15) is 0 Å². The zero-order chi connectivity index (χ0) is 23.3. The average molecular weight is 443 g/mol. The highest BCUT2D eigenvalue weighted by atomic mass is 16.4. The summed E-state index contributed by atoms with van der Waals surface area (Å²) in [4.78, 5) is 11.2. The lowest BCUT2D eigenvalue weighted by atomic mass is 9.41. The first kappa shape index (κ1) is 23.8. The van der Waals surface area contributed by atoms with Gasteiger partial charge in [-0.15, -0.1) is 13.2 Å². The molecule has 0 aromatic rings. The van der Waals surface area contributed by atoms with Crippen LogP contribution in [-0.2, 0) is 4.79 Å². The van der Waals surface area contributed by atoms with Crippen LogP contribution in [0.1, 0.15) is 78.1 Å². The van der Waals surface area contributed by atoms with Crippen LogP contribution < -0.4 is 0 Å². The Labute approximate surface area is 193 Å². The quantitative estimate of drug-likeness (QED) is 0.474. The van der Waals surface area contributed by atoms with Crippen molar-refractivity contribution >= 4 is 5.97 Å². The third-order valence-corrected chi connectivity index (χ3v) is 10.3. The number of aliphatic hydroxyl groups is 2. The fourth-order valence-electron chi connectivity index (χ4n) is 9.01. The van der Waals surface area contributed by atoms with Gasteiger partial charge in [0, 0.05) is 11.8 Å². The maximum atomic E-state index is 11.8. The maximum Gasteiger partial charge on any atom is 0.303 e. The maximum absolute atomic E-state index is 11.8. The zero-order valence-electron chi connectivity index (χ0n) is 19.9. The number of aliphatic hydroxyl groups excluding tert-OH is 2. The monoisotopic (exact) mass is 442 g/mol. The topological polar surface area (TPSA) is 77.8 Å².